The number of hydrogen-bond donors (Lipinski definition) is 1. The first-order valence-electron chi connectivity index (χ1n) is 8.47. The number of aromatic nitrogens is 4. The number of fused-ring (bicyclic) bond motifs is 1. The van der Waals surface area contributed by atoms with Crippen LogP contribution in [-0.2, 0) is 0 Å². The van der Waals surface area contributed by atoms with Crippen molar-refractivity contribution >= 4 is 11.5 Å². The Balaban J connectivity index is 1.42. The van der Waals surface area contributed by atoms with Crippen molar-refractivity contribution in [3.8, 4) is 0 Å². The van der Waals surface area contributed by atoms with Gasteiger partial charge in [-0.25, -0.2) is 4.98 Å². The Labute approximate surface area is 130 Å². The summed E-state index contributed by atoms with van der Waals surface area (Å²) in [6.45, 7) is 6.90. The molecule has 2 aromatic rings. The molecule has 1 aliphatic carbocycles. The van der Waals surface area contributed by atoms with Gasteiger partial charge < -0.3 is 10.2 Å². The number of hydrogen-bond acceptors (Lipinski definition) is 5. The molecular formula is C16H24N6. The van der Waals surface area contributed by atoms with E-state index in [4.69, 9.17) is 0 Å². The van der Waals surface area contributed by atoms with Crippen molar-refractivity contribution in [2.24, 2.45) is 5.92 Å². The second kappa shape index (κ2) is 5.83. The van der Waals surface area contributed by atoms with Gasteiger partial charge in [0.1, 0.15) is 5.82 Å². The maximum Gasteiger partial charge on any atom is 0.203 e. The Morgan fingerprint density at radius 2 is 2.09 bits per heavy atom. The van der Waals surface area contributed by atoms with Gasteiger partial charge in [0.2, 0.25) is 5.65 Å². The lowest BCUT2D eigenvalue weighted by molar-refractivity contribution is 0.294. The molecule has 2 fully saturated rings. The molecule has 2 aliphatic rings. The van der Waals surface area contributed by atoms with Crippen LogP contribution in [0.3, 0.4) is 0 Å². The van der Waals surface area contributed by atoms with E-state index in [1.165, 1.54) is 38.8 Å². The van der Waals surface area contributed by atoms with E-state index in [1.807, 2.05) is 12.4 Å². The molecule has 118 valence electrons. The van der Waals surface area contributed by atoms with Gasteiger partial charge in [0, 0.05) is 31.4 Å². The summed E-state index contributed by atoms with van der Waals surface area (Å²) < 4.78 is 2.10. The first-order chi connectivity index (χ1) is 10.8. The third kappa shape index (κ3) is 2.79. The summed E-state index contributed by atoms with van der Waals surface area (Å²) in [5.74, 6) is 3.14. The summed E-state index contributed by atoms with van der Waals surface area (Å²) in [5.41, 5.74) is 0.859. The molecule has 0 unspecified atom stereocenters. The molecule has 4 rings (SSSR count). The fraction of sp³-hybridized carbons (Fsp3) is 0.688. The van der Waals surface area contributed by atoms with Crippen LogP contribution in [0.15, 0.2) is 12.4 Å². The average Bonchev–Trinajstić information content (AvgIpc) is 3.07. The van der Waals surface area contributed by atoms with Gasteiger partial charge >= 0.3 is 0 Å². The summed E-state index contributed by atoms with van der Waals surface area (Å²) in [6, 6.07) is 0. The summed E-state index contributed by atoms with van der Waals surface area (Å²) in [6.07, 6.45) is 8.99. The van der Waals surface area contributed by atoms with Gasteiger partial charge in [-0.3, -0.25) is 4.40 Å². The fourth-order valence-electron chi connectivity index (χ4n) is 3.33. The summed E-state index contributed by atoms with van der Waals surface area (Å²) in [7, 11) is 0. The molecular weight excluding hydrogens is 276 g/mol. The molecule has 0 aromatic carbocycles. The summed E-state index contributed by atoms with van der Waals surface area (Å²) in [5, 5.41) is 12.2. The highest BCUT2D eigenvalue weighted by Gasteiger charge is 2.29. The predicted octanol–water partition coefficient (Wildman–Crippen LogP) is 2.15. The van der Waals surface area contributed by atoms with Gasteiger partial charge in [-0.1, -0.05) is 6.92 Å². The maximum absolute atomic E-state index is 4.46. The van der Waals surface area contributed by atoms with Gasteiger partial charge in [0.05, 0.1) is 0 Å². The van der Waals surface area contributed by atoms with Crippen molar-refractivity contribution in [1.29, 1.82) is 0 Å². The molecule has 0 bridgehead atoms. The minimum Gasteiger partial charge on any atom is -0.367 e. The van der Waals surface area contributed by atoms with Gasteiger partial charge in [0.25, 0.3) is 0 Å². The largest absolute Gasteiger partial charge is 0.367 e. The zero-order chi connectivity index (χ0) is 14.9. The van der Waals surface area contributed by atoms with E-state index < -0.39 is 0 Å². The Bertz CT molecular complexity index is 641. The van der Waals surface area contributed by atoms with E-state index in [2.05, 4.69) is 36.7 Å². The molecule has 1 aliphatic heterocycles. The predicted molar refractivity (Wildman–Crippen MR) is 86.1 cm³/mol. The van der Waals surface area contributed by atoms with E-state index in [0.717, 1.165) is 30.4 Å². The number of likely N-dealkylation sites (tertiary alicyclic amines) is 1. The van der Waals surface area contributed by atoms with E-state index in [1.54, 1.807) is 0 Å². The molecule has 0 radical (unpaired) electrons. The Hall–Kier alpha value is -1.69. The van der Waals surface area contributed by atoms with E-state index in [-0.39, 0.29) is 0 Å². The fourth-order valence-corrected chi connectivity index (χ4v) is 3.33. The van der Waals surface area contributed by atoms with Crippen molar-refractivity contribution in [1.82, 2.24) is 24.5 Å². The van der Waals surface area contributed by atoms with Gasteiger partial charge in [-0.2, -0.15) is 0 Å². The monoisotopic (exact) mass is 300 g/mol. The van der Waals surface area contributed by atoms with Crippen molar-refractivity contribution in [3.63, 3.8) is 0 Å². The third-order valence-corrected chi connectivity index (χ3v) is 4.68. The summed E-state index contributed by atoms with van der Waals surface area (Å²) in [4.78, 5) is 7.01. The van der Waals surface area contributed by atoms with Crippen LogP contribution in [0, 0.1) is 5.92 Å². The Morgan fingerprint density at radius 3 is 2.86 bits per heavy atom. The van der Waals surface area contributed by atoms with E-state index in [0.29, 0.717) is 11.8 Å². The highest BCUT2D eigenvalue weighted by molar-refractivity contribution is 5.62. The van der Waals surface area contributed by atoms with Crippen molar-refractivity contribution in [3.05, 3.63) is 18.2 Å². The lowest BCUT2D eigenvalue weighted by atomic mass is 10.1. The molecule has 0 amide bonds. The van der Waals surface area contributed by atoms with E-state index in [9.17, 15) is 0 Å². The van der Waals surface area contributed by atoms with Crippen LogP contribution in [0.5, 0.6) is 0 Å². The molecule has 1 atom stereocenters. The lowest BCUT2D eigenvalue weighted by Crippen LogP contribution is -2.29. The number of rotatable bonds is 6. The Morgan fingerprint density at radius 1 is 1.27 bits per heavy atom. The topological polar surface area (TPSA) is 58.4 Å². The smallest absolute Gasteiger partial charge is 0.203 e. The molecule has 22 heavy (non-hydrogen) atoms. The van der Waals surface area contributed by atoms with Crippen molar-refractivity contribution < 1.29 is 0 Å². The van der Waals surface area contributed by atoms with Gasteiger partial charge in [-0.15, -0.1) is 10.2 Å². The number of anilines is 1. The molecule has 1 saturated heterocycles. The van der Waals surface area contributed by atoms with Crippen LogP contribution in [0.25, 0.3) is 5.65 Å². The standard InChI is InChI=1S/C16H24N6/c1-12(11-21-7-2-3-8-21)10-18-14-16-20-19-15(13-4-5-13)22(16)9-6-17-14/h6,9,12-13H,2-5,7-8,10-11H2,1H3,(H,17,18)/t12-/m1/s1. The highest BCUT2D eigenvalue weighted by atomic mass is 15.3. The summed E-state index contributed by atoms with van der Waals surface area (Å²) >= 11 is 0. The van der Waals surface area contributed by atoms with Crippen LogP contribution in [0.2, 0.25) is 0 Å². The molecule has 2 aromatic heterocycles. The molecule has 3 heterocycles. The van der Waals surface area contributed by atoms with Crippen molar-refractivity contribution in [2.45, 2.75) is 38.5 Å². The first kappa shape index (κ1) is 13.9. The first-order valence-corrected chi connectivity index (χ1v) is 8.47. The minimum atomic E-state index is 0.597. The van der Waals surface area contributed by atoms with Gasteiger partial charge in [-0.05, 0) is 44.7 Å². The number of nitrogens with one attached hydrogen (secondary N) is 1. The highest BCUT2D eigenvalue weighted by Crippen LogP contribution is 2.39. The maximum atomic E-state index is 4.46. The van der Waals surface area contributed by atoms with Crippen molar-refractivity contribution in [2.75, 3.05) is 31.5 Å². The SMILES string of the molecule is C[C@H](CNc1nccn2c(C3CC3)nnc12)CN1CCCC1. The van der Waals surface area contributed by atoms with Crippen LogP contribution in [0.4, 0.5) is 5.82 Å². The second-order valence-corrected chi connectivity index (χ2v) is 6.80. The molecule has 6 heteroatoms. The van der Waals surface area contributed by atoms with E-state index >= 15 is 0 Å². The van der Waals surface area contributed by atoms with Crippen LogP contribution >= 0.6 is 0 Å². The van der Waals surface area contributed by atoms with Crippen LogP contribution in [-0.4, -0.2) is 50.7 Å². The molecule has 0 spiro atoms. The quantitative estimate of drug-likeness (QED) is 0.886. The molecule has 6 nitrogen and oxygen atoms in total. The molecule has 1 N–H and O–H groups in total. The number of nitrogens with zero attached hydrogens (tertiary/aromatic N) is 5. The lowest BCUT2D eigenvalue weighted by Gasteiger charge is -2.20. The zero-order valence-corrected chi connectivity index (χ0v) is 13.2. The zero-order valence-electron chi connectivity index (χ0n) is 13.2. The second-order valence-electron chi connectivity index (χ2n) is 6.80. The van der Waals surface area contributed by atoms with Crippen LogP contribution < -0.4 is 5.32 Å². The minimum absolute atomic E-state index is 0.597. The Kier molecular flexibility index (Phi) is 3.70. The van der Waals surface area contributed by atoms with Crippen LogP contribution in [0.1, 0.15) is 44.3 Å². The molecule has 1 saturated carbocycles. The average molecular weight is 300 g/mol. The third-order valence-electron chi connectivity index (χ3n) is 4.68. The normalized spacial score (nSPS) is 20.6. The van der Waals surface area contributed by atoms with Gasteiger partial charge in [0.15, 0.2) is 5.82 Å².